The summed E-state index contributed by atoms with van der Waals surface area (Å²) in [7, 11) is -3.29. The molecular weight excluding hydrogens is 490 g/mol. The summed E-state index contributed by atoms with van der Waals surface area (Å²) in [4.78, 5) is 35.9. The zero-order valence-corrected chi connectivity index (χ0v) is 19.6. The van der Waals surface area contributed by atoms with E-state index in [-0.39, 0.29) is 23.7 Å². The largest absolute Gasteiger partial charge is 0.493 e. The molecule has 1 N–H and O–H groups in total. The average molecular weight is 509 g/mol. The van der Waals surface area contributed by atoms with E-state index in [1.54, 1.807) is 24.3 Å². The van der Waals surface area contributed by atoms with E-state index >= 15 is 0 Å². The summed E-state index contributed by atoms with van der Waals surface area (Å²) in [5.41, 5.74) is 0.588. The number of nitrogens with one attached hydrogen (secondary N) is 1. The molecule has 0 unspecified atom stereocenters. The predicted molar refractivity (Wildman–Crippen MR) is 127 cm³/mol. The molecule has 1 fully saturated rings. The van der Waals surface area contributed by atoms with Gasteiger partial charge in [-0.1, -0.05) is 48.5 Å². The molecule has 12 heteroatoms. The molecule has 1 aliphatic rings. The van der Waals surface area contributed by atoms with E-state index in [2.05, 4.69) is 5.32 Å². The van der Waals surface area contributed by atoms with Gasteiger partial charge in [-0.05, 0) is 35.4 Å². The highest BCUT2D eigenvalue weighted by Crippen LogP contribution is 2.33. The number of hydrogen-bond donors (Lipinski definition) is 1. The lowest BCUT2D eigenvalue weighted by Gasteiger charge is -2.12. The van der Waals surface area contributed by atoms with Gasteiger partial charge in [0.1, 0.15) is 5.70 Å². The van der Waals surface area contributed by atoms with Crippen molar-refractivity contribution in [2.45, 2.75) is 11.4 Å². The number of amides is 3. The van der Waals surface area contributed by atoms with E-state index in [4.69, 9.17) is 8.92 Å². The van der Waals surface area contributed by atoms with Crippen molar-refractivity contribution in [2.75, 3.05) is 7.11 Å². The number of carbonyl (C=O) groups excluding carboxylic acids is 2. The molecule has 0 spiro atoms. The molecule has 0 bridgehead atoms. The Bertz CT molecular complexity index is 1490. The maximum absolute atomic E-state index is 12.8. The average Bonchev–Trinajstić information content (AvgIpc) is 3.12. The molecule has 0 aromatic heterocycles. The summed E-state index contributed by atoms with van der Waals surface area (Å²) in [6.07, 6.45) is 1.41. The van der Waals surface area contributed by atoms with E-state index in [1.165, 1.54) is 43.5 Å². The summed E-state index contributed by atoms with van der Waals surface area (Å²) in [5, 5.41) is 13.7. The molecule has 4 rings (SSSR count). The summed E-state index contributed by atoms with van der Waals surface area (Å²) < 4.78 is 35.8. The molecule has 0 aliphatic carbocycles. The van der Waals surface area contributed by atoms with Crippen LogP contribution in [0.25, 0.3) is 6.08 Å². The molecule has 1 heterocycles. The molecule has 1 aliphatic heterocycles. The minimum absolute atomic E-state index is 0.00979. The molecule has 0 saturated carbocycles. The van der Waals surface area contributed by atoms with Gasteiger partial charge in [-0.15, -0.1) is 0 Å². The van der Waals surface area contributed by atoms with E-state index in [0.29, 0.717) is 5.56 Å². The molecule has 3 aromatic carbocycles. The lowest BCUT2D eigenvalue weighted by molar-refractivity contribution is -0.387. The smallest absolute Gasteiger partial charge is 0.346 e. The van der Waals surface area contributed by atoms with E-state index < -0.39 is 37.6 Å². The molecule has 1 saturated heterocycles. The Hall–Kier alpha value is -4.71. The minimum atomic E-state index is -4.56. The van der Waals surface area contributed by atoms with Crippen LogP contribution in [0.15, 0.2) is 83.4 Å². The normalized spacial score (nSPS) is 14.6. The molecular formula is C24H19N3O8S. The number of hydrogen-bond acceptors (Lipinski definition) is 8. The lowest BCUT2D eigenvalue weighted by Crippen LogP contribution is -2.30. The number of nitrogens with zero attached hydrogens (tertiary/aromatic N) is 2. The van der Waals surface area contributed by atoms with Gasteiger partial charge in [0.25, 0.3) is 11.6 Å². The van der Waals surface area contributed by atoms with Crippen LogP contribution in [-0.4, -0.2) is 37.3 Å². The zero-order chi connectivity index (χ0) is 25.9. The molecule has 0 atom stereocenters. The number of ether oxygens (including phenoxy) is 1. The van der Waals surface area contributed by atoms with Gasteiger partial charge in [0.05, 0.1) is 18.6 Å². The fourth-order valence-electron chi connectivity index (χ4n) is 3.47. The van der Waals surface area contributed by atoms with Crippen LogP contribution in [0.2, 0.25) is 0 Å². The predicted octanol–water partition coefficient (Wildman–Crippen LogP) is 3.46. The topological polar surface area (TPSA) is 145 Å². The first-order chi connectivity index (χ1) is 17.2. The van der Waals surface area contributed by atoms with Crippen molar-refractivity contribution in [1.29, 1.82) is 0 Å². The Kier molecular flexibility index (Phi) is 6.70. The van der Waals surface area contributed by atoms with Crippen molar-refractivity contribution < 1.29 is 31.9 Å². The number of rotatable bonds is 8. The monoisotopic (exact) mass is 509 g/mol. The van der Waals surface area contributed by atoms with E-state index in [0.717, 1.165) is 22.6 Å². The van der Waals surface area contributed by atoms with Crippen LogP contribution in [0.1, 0.15) is 11.1 Å². The standard InChI is InChI=1S/C24H19N3O8S/c1-34-21-14-17(13-18-23(28)26(24(29)25-18)15-16-7-3-2-4-8-16)11-12-20(21)35-36(32,33)22-10-6-5-9-19(22)27(30)31/h2-14H,15H2,1H3,(H,25,29)/b18-13-. The summed E-state index contributed by atoms with van der Waals surface area (Å²) >= 11 is 0. The summed E-state index contributed by atoms with van der Waals surface area (Å²) in [6.45, 7) is 0.0996. The number of nitro benzene ring substituents is 1. The summed E-state index contributed by atoms with van der Waals surface area (Å²) in [5.74, 6) is -0.753. The summed E-state index contributed by atoms with van der Waals surface area (Å²) in [6, 6.07) is 17.4. The highest BCUT2D eigenvalue weighted by Gasteiger charge is 2.33. The number of nitro groups is 1. The fourth-order valence-corrected chi connectivity index (χ4v) is 4.58. The maximum atomic E-state index is 12.8. The first-order valence-corrected chi connectivity index (χ1v) is 11.8. The third-order valence-electron chi connectivity index (χ3n) is 5.18. The molecule has 36 heavy (non-hydrogen) atoms. The van der Waals surface area contributed by atoms with Gasteiger partial charge in [-0.3, -0.25) is 19.8 Å². The zero-order valence-electron chi connectivity index (χ0n) is 18.8. The first kappa shape index (κ1) is 24.4. The van der Waals surface area contributed by atoms with Crippen molar-refractivity contribution in [3.05, 3.63) is 99.7 Å². The second kappa shape index (κ2) is 9.88. The number of carbonyl (C=O) groups is 2. The van der Waals surface area contributed by atoms with Crippen molar-refractivity contribution in [2.24, 2.45) is 0 Å². The minimum Gasteiger partial charge on any atom is -0.493 e. The lowest BCUT2D eigenvalue weighted by atomic mass is 10.1. The second-order valence-corrected chi connectivity index (χ2v) is 9.05. The van der Waals surface area contributed by atoms with Crippen molar-refractivity contribution in [1.82, 2.24) is 10.2 Å². The second-order valence-electron chi connectivity index (χ2n) is 7.54. The van der Waals surface area contributed by atoms with Gasteiger partial charge in [0.2, 0.25) is 0 Å². The Labute approximate surface area is 205 Å². The van der Waals surface area contributed by atoms with Crippen LogP contribution in [0.4, 0.5) is 10.5 Å². The quantitative estimate of drug-likeness (QED) is 0.160. The Morgan fingerprint density at radius 1 is 1.00 bits per heavy atom. The van der Waals surface area contributed by atoms with E-state index in [9.17, 15) is 28.1 Å². The number of imide groups is 1. The van der Waals surface area contributed by atoms with Crippen LogP contribution in [0.3, 0.4) is 0 Å². The third kappa shape index (κ3) is 5.03. The highest BCUT2D eigenvalue weighted by atomic mass is 32.2. The number of urea groups is 1. The molecule has 3 amide bonds. The van der Waals surface area contributed by atoms with Crippen LogP contribution in [-0.2, 0) is 21.5 Å². The molecule has 184 valence electrons. The third-order valence-corrected chi connectivity index (χ3v) is 6.46. The fraction of sp³-hybridized carbons (Fsp3) is 0.0833. The van der Waals surface area contributed by atoms with Gasteiger partial charge in [0.15, 0.2) is 16.4 Å². The van der Waals surface area contributed by atoms with Crippen LogP contribution < -0.4 is 14.2 Å². The van der Waals surface area contributed by atoms with Gasteiger partial charge in [-0.25, -0.2) is 4.79 Å². The van der Waals surface area contributed by atoms with Crippen molar-refractivity contribution >= 4 is 33.8 Å². The van der Waals surface area contributed by atoms with E-state index in [1.807, 2.05) is 6.07 Å². The van der Waals surface area contributed by atoms with Crippen LogP contribution >= 0.6 is 0 Å². The Balaban J connectivity index is 1.58. The Morgan fingerprint density at radius 3 is 2.39 bits per heavy atom. The number of para-hydroxylation sites is 1. The van der Waals surface area contributed by atoms with Gasteiger partial charge in [-0.2, -0.15) is 8.42 Å². The number of benzene rings is 3. The highest BCUT2D eigenvalue weighted by molar-refractivity contribution is 7.87. The molecule has 3 aromatic rings. The van der Waals surface area contributed by atoms with Gasteiger partial charge < -0.3 is 14.2 Å². The van der Waals surface area contributed by atoms with Gasteiger partial charge >= 0.3 is 16.1 Å². The maximum Gasteiger partial charge on any atom is 0.346 e. The number of methoxy groups -OCH3 is 1. The molecule has 11 nitrogen and oxygen atoms in total. The van der Waals surface area contributed by atoms with Crippen molar-refractivity contribution in [3.63, 3.8) is 0 Å². The van der Waals surface area contributed by atoms with Gasteiger partial charge in [0, 0.05) is 6.07 Å². The molecule has 0 radical (unpaired) electrons. The van der Waals surface area contributed by atoms with Crippen LogP contribution in [0, 0.1) is 10.1 Å². The van der Waals surface area contributed by atoms with Crippen molar-refractivity contribution in [3.8, 4) is 11.5 Å². The SMILES string of the molecule is COc1cc(/C=C2\NC(=O)N(Cc3ccccc3)C2=O)ccc1OS(=O)(=O)c1ccccc1[N+](=O)[O-]. The first-order valence-electron chi connectivity index (χ1n) is 10.4. The Morgan fingerprint density at radius 2 is 1.69 bits per heavy atom. The van der Waals surface area contributed by atoms with Crippen LogP contribution in [0.5, 0.6) is 11.5 Å².